The number of piperidine rings is 1. The van der Waals surface area contributed by atoms with Crippen molar-refractivity contribution >= 4 is 5.95 Å². The van der Waals surface area contributed by atoms with Crippen molar-refractivity contribution in [1.29, 1.82) is 0 Å². The number of allylic oxidation sites excluding steroid dienone is 1. The van der Waals surface area contributed by atoms with Gasteiger partial charge in [-0.15, -0.1) is 6.58 Å². The number of anilines is 1. The van der Waals surface area contributed by atoms with E-state index < -0.39 is 0 Å². The number of hydrogen-bond acceptors (Lipinski definition) is 3. The summed E-state index contributed by atoms with van der Waals surface area (Å²) in [5.74, 6) is 1.86. The van der Waals surface area contributed by atoms with Gasteiger partial charge in [0.1, 0.15) is 0 Å². The highest BCUT2D eigenvalue weighted by molar-refractivity contribution is 5.35. The number of aromatic nitrogens is 2. The van der Waals surface area contributed by atoms with Crippen molar-refractivity contribution in [2.24, 2.45) is 5.92 Å². The molecule has 2 rings (SSSR count). The quantitative estimate of drug-likeness (QED) is 0.797. The first-order valence-corrected chi connectivity index (χ1v) is 7.35. The summed E-state index contributed by atoms with van der Waals surface area (Å²) < 4.78 is 2.23. The van der Waals surface area contributed by atoms with Crippen LogP contribution in [0.4, 0.5) is 5.95 Å². The zero-order chi connectivity index (χ0) is 13.7. The Morgan fingerprint density at radius 2 is 2.42 bits per heavy atom. The summed E-state index contributed by atoms with van der Waals surface area (Å²) in [4.78, 5) is 7.22. The van der Waals surface area contributed by atoms with Crippen LogP contribution in [-0.2, 0) is 13.0 Å². The van der Waals surface area contributed by atoms with Crippen LogP contribution in [0.2, 0.25) is 0 Å². The average molecular weight is 262 g/mol. The van der Waals surface area contributed by atoms with Crippen molar-refractivity contribution in [1.82, 2.24) is 14.9 Å². The van der Waals surface area contributed by atoms with Crippen molar-refractivity contribution in [3.8, 4) is 0 Å². The molecule has 0 bridgehead atoms. The Morgan fingerprint density at radius 3 is 3.11 bits per heavy atom. The third-order valence-corrected chi connectivity index (χ3v) is 3.79. The molecule has 1 fully saturated rings. The van der Waals surface area contributed by atoms with Crippen molar-refractivity contribution in [3.63, 3.8) is 0 Å². The lowest BCUT2D eigenvalue weighted by molar-refractivity contribution is 0.397. The molecule has 0 aliphatic carbocycles. The number of nitrogens with zero attached hydrogens (tertiary/aromatic N) is 3. The zero-order valence-electron chi connectivity index (χ0n) is 12.2. The van der Waals surface area contributed by atoms with E-state index in [2.05, 4.69) is 34.5 Å². The molecule has 1 N–H and O–H groups in total. The lowest BCUT2D eigenvalue weighted by atomic mass is 9.98. The minimum atomic E-state index is 0.734. The van der Waals surface area contributed by atoms with Crippen molar-refractivity contribution < 1.29 is 0 Å². The number of hydrogen-bond donors (Lipinski definition) is 1. The number of aryl methyl sites for hydroxylation is 1. The molecule has 0 amide bonds. The first-order chi connectivity index (χ1) is 9.28. The zero-order valence-corrected chi connectivity index (χ0v) is 12.2. The molecule has 0 spiro atoms. The van der Waals surface area contributed by atoms with Crippen LogP contribution >= 0.6 is 0 Å². The monoisotopic (exact) mass is 262 g/mol. The van der Waals surface area contributed by atoms with E-state index in [1.165, 1.54) is 18.5 Å². The van der Waals surface area contributed by atoms with E-state index in [0.717, 1.165) is 44.5 Å². The Labute approximate surface area is 116 Å². The number of rotatable bonds is 6. The van der Waals surface area contributed by atoms with Crippen molar-refractivity contribution in [2.45, 2.75) is 32.7 Å². The molecule has 2 heterocycles. The summed E-state index contributed by atoms with van der Waals surface area (Å²) >= 11 is 0. The molecule has 0 radical (unpaired) electrons. The fourth-order valence-corrected chi connectivity index (χ4v) is 2.86. The van der Waals surface area contributed by atoms with Gasteiger partial charge in [-0.05, 0) is 38.8 Å². The second-order valence-corrected chi connectivity index (χ2v) is 5.34. The van der Waals surface area contributed by atoms with Crippen LogP contribution in [0.25, 0.3) is 0 Å². The molecule has 106 valence electrons. The van der Waals surface area contributed by atoms with Crippen LogP contribution in [0.15, 0.2) is 18.9 Å². The fraction of sp³-hybridized carbons (Fsp3) is 0.667. The van der Waals surface area contributed by atoms with Crippen molar-refractivity contribution in [2.75, 3.05) is 31.6 Å². The Kier molecular flexibility index (Phi) is 5.02. The molecular weight excluding hydrogens is 236 g/mol. The van der Waals surface area contributed by atoms with Gasteiger partial charge in [0, 0.05) is 25.8 Å². The number of imidazole rings is 1. The Hall–Kier alpha value is -1.29. The van der Waals surface area contributed by atoms with Gasteiger partial charge in [0.15, 0.2) is 0 Å². The maximum absolute atomic E-state index is 4.79. The third kappa shape index (κ3) is 3.38. The van der Waals surface area contributed by atoms with Crippen LogP contribution in [0.5, 0.6) is 0 Å². The van der Waals surface area contributed by atoms with E-state index in [-0.39, 0.29) is 0 Å². The van der Waals surface area contributed by atoms with Crippen LogP contribution in [0.3, 0.4) is 0 Å². The van der Waals surface area contributed by atoms with Gasteiger partial charge < -0.3 is 14.8 Å². The highest BCUT2D eigenvalue weighted by atomic mass is 15.3. The second kappa shape index (κ2) is 6.75. The maximum Gasteiger partial charge on any atom is 0.206 e. The molecule has 1 unspecified atom stereocenters. The largest absolute Gasteiger partial charge is 0.342 e. The van der Waals surface area contributed by atoms with Gasteiger partial charge in [-0.1, -0.05) is 13.0 Å². The average Bonchev–Trinajstić information content (AvgIpc) is 2.83. The molecule has 4 nitrogen and oxygen atoms in total. The molecule has 4 heteroatoms. The SMILES string of the molecule is C=CCn1cc(CC)nc1N1CCCC(CNC)C1. The lowest BCUT2D eigenvalue weighted by Crippen LogP contribution is -2.40. The van der Waals surface area contributed by atoms with Crippen LogP contribution in [0, 0.1) is 5.92 Å². The van der Waals surface area contributed by atoms with Gasteiger partial charge in [-0.3, -0.25) is 0 Å². The van der Waals surface area contributed by atoms with E-state index in [1.54, 1.807) is 0 Å². The van der Waals surface area contributed by atoms with Crippen LogP contribution < -0.4 is 10.2 Å². The highest BCUT2D eigenvalue weighted by Gasteiger charge is 2.22. The fourth-order valence-electron chi connectivity index (χ4n) is 2.86. The van der Waals surface area contributed by atoms with E-state index in [4.69, 9.17) is 4.98 Å². The van der Waals surface area contributed by atoms with Gasteiger partial charge in [0.2, 0.25) is 5.95 Å². The minimum Gasteiger partial charge on any atom is -0.342 e. The van der Waals surface area contributed by atoms with Gasteiger partial charge in [0.25, 0.3) is 0 Å². The van der Waals surface area contributed by atoms with Crippen molar-refractivity contribution in [3.05, 3.63) is 24.5 Å². The van der Waals surface area contributed by atoms with Crippen LogP contribution in [0.1, 0.15) is 25.5 Å². The van der Waals surface area contributed by atoms with Gasteiger partial charge in [0.05, 0.1) is 5.69 Å². The molecule has 1 aromatic heterocycles. The topological polar surface area (TPSA) is 33.1 Å². The lowest BCUT2D eigenvalue weighted by Gasteiger charge is -2.33. The van der Waals surface area contributed by atoms with Gasteiger partial charge in [-0.2, -0.15) is 0 Å². The van der Waals surface area contributed by atoms with E-state index in [1.807, 2.05) is 13.1 Å². The van der Waals surface area contributed by atoms with E-state index in [9.17, 15) is 0 Å². The number of nitrogens with one attached hydrogen (secondary N) is 1. The smallest absolute Gasteiger partial charge is 0.206 e. The molecular formula is C15H26N4. The summed E-state index contributed by atoms with van der Waals surface area (Å²) in [6.45, 7) is 10.2. The summed E-state index contributed by atoms with van der Waals surface area (Å²) in [5, 5.41) is 3.30. The Bertz CT molecular complexity index is 408. The first-order valence-electron chi connectivity index (χ1n) is 7.35. The highest BCUT2D eigenvalue weighted by Crippen LogP contribution is 2.23. The molecule has 1 aromatic rings. The molecule has 0 aromatic carbocycles. The standard InChI is InChI=1S/C15H26N4/c1-4-8-18-12-14(5-2)17-15(18)19-9-6-7-13(11-19)10-16-3/h4,12-13,16H,1,5-11H2,2-3H3. The molecule has 1 atom stereocenters. The summed E-state index contributed by atoms with van der Waals surface area (Å²) in [6, 6.07) is 0. The summed E-state index contributed by atoms with van der Waals surface area (Å²) in [7, 11) is 2.03. The predicted molar refractivity (Wildman–Crippen MR) is 80.7 cm³/mol. The third-order valence-electron chi connectivity index (χ3n) is 3.79. The Balaban J connectivity index is 2.14. The maximum atomic E-state index is 4.79. The second-order valence-electron chi connectivity index (χ2n) is 5.34. The summed E-state index contributed by atoms with van der Waals surface area (Å²) in [5.41, 5.74) is 1.17. The van der Waals surface area contributed by atoms with E-state index >= 15 is 0 Å². The molecule has 0 saturated carbocycles. The first kappa shape index (κ1) is 14.1. The van der Waals surface area contributed by atoms with Gasteiger partial charge >= 0.3 is 0 Å². The molecule has 1 aliphatic heterocycles. The van der Waals surface area contributed by atoms with Gasteiger partial charge in [-0.25, -0.2) is 4.98 Å². The normalized spacial score (nSPS) is 19.7. The van der Waals surface area contributed by atoms with Crippen LogP contribution in [-0.4, -0.2) is 36.2 Å². The minimum absolute atomic E-state index is 0.734. The van der Waals surface area contributed by atoms with E-state index in [0.29, 0.717) is 0 Å². The molecule has 1 aliphatic rings. The Morgan fingerprint density at radius 1 is 1.58 bits per heavy atom. The summed E-state index contributed by atoms with van der Waals surface area (Å²) in [6.07, 6.45) is 7.68. The molecule has 19 heavy (non-hydrogen) atoms. The molecule has 1 saturated heterocycles. The predicted octanol–water partition coefficient (Wildman–Crippen LogP) is 2.07.